The van der Waals surface area contributed by atoms with E-state index < -0.39 is 10.0 Å². The fourth-order valence-electron chi connectivity index (χ4n) is 3.38. The van der Waals surface area contributed by atoms with Crippen LogP contribution < -0.4 is 19.1 Å². The number of benzene rings is 2. The normalized spacial score (nSPS) is 13.1. The predicted molar refractivity (Wildman–Crippen MR) is 116 cm³/mol. The minimum absolute atomic E-state index is 0.0483. The second-order valence-electron chi connectivity index (χ2n) is 6.65. The number of carbonyl (C=O) groups is 1. The molecule has 1 N–H and O–H groups in total. The largest absolute Gasteiger partial charge is 0.493 e. The Bertz CT molecular complexity index is 1190. The lowest BCUT2D eigenvalue weighted by atomic mass is 10.1. The van der Waals surface area contributed by atoms with E-state index in [0.717, 1.165) is 17.7 Å². The molecule has 0 fully saturated rings. The van der Waals surface area contributed by atoms with Crippen LogP contribution in [0, 0.1) is 0 Å². The monoisotopic (exact) mass is 444 g/mol. The van der Waals surface area contributed by atoms with E-state index in [-0.39, 0.29) is 10.8 Å². The zero-order chi connectivity index (χ0) is 21.3. The Morgan fingerprint density at radius 2 is 1.87 bits per heavy atom. The molecule has 0 bridgehead atoms. The van der Waals surface area contributed by atoms with Gasteiger partial charge >= 0.3 is 0 Å². The van der Waals surface area contributed by atoms with E-state index in [1.807, 2.05) is 17.5 Å². The number of methoxy groups -OCH3 is 2. The van der Waals surface area contributed by atoms with Crippen LogP contribution in [0.3, 0.4) is 0 Å². The maximum atomic E-state index is 12.9. The number of amides is 1. The summed E-state index contributed by atoms with van der Waals surface area (Å²) in [4.78, 5) is 15.2. The number of nitrogens with zero attached hydrogens (tertiary/aromatic N) is 1. The molecule has 2 heterocycles. The smallest absolute Gasteiger partial charge is 0.268 e. The average Bonchev–Trinajstić information content (AvgIpc) is 3.42. The van der Waals surface area contributed by atoms with Crippen molar-refractivity contribution in [2.75, 3.05) is 30.4 Å². The third-order valence-corrected chi connectivity index (χ3v) is 7.11. The second kappa shape index (κ2) is 8.00. The average molecular weight is 445 g/mol. The van der Waals surface area contributed by atoms with Gasteiger partial charge in [0.15, 0.2) is 11.5 Å². The number of hydrogen-bond acceptors (Lipinski definition) is 6. The van der Waals surface area contributed by atoms with Crippen molar-refractivity contribution < 1.29 is 22.7 Å². The maximum Gasteiger partial charge on any atom is 0.268 e. The van der Waals surface area contributed by atoms with Crippen LogP contribution in [0.1, 0.15) is 15.2 Å². The summed E-state index contributed by atoms with van der Waals surface area (Å²) in [6.45, 7) is 0.567. The molecule has 3 aromatic rings. The molecular formula is C21H20N2O5S2. The zero-order valence-corrected chi connectivity index (χ0v) is 18.0. The van der Waals surface area contributed by atoms with E-state index in [1.165, 1.54) is 43.8 Å². The molecule has 1 aliphatic rings. The number of rotatable bonds is 6. The first-order chi connectivity index (χ1) is 14.4. The van der Waals surface area contributed by atoms with Gasteiger partial charge in [-0.25, -0.2) is 8.42 Å². The van der Waals surface area contributed by atoms with Gasteiger partial charge in [0, 0.05) is 18.3 Å². The van der Waals surface area contributed by atoms with Crippen molar-refractivity contribution >= 4 is 38.6 Å². The van der Waals surface area contributed by atoms with Crippen LogP contribution in [0.4, 0.5) is 11.4 Å². The van der Waals surface area contributed by atoms with Crippen LogP contribution in [-0.2, 0) is 16.4 Å². The van der Waals surface area contributed by atoms with E-state index in [9.17, 15) is 13.2 Å². The van der Waals surface area contributed by atoms with Crippen molar-refractivity contribution in [1.29, 1.82) is 0 Å². The summed E-state index contributed by atoms with van der Waals surface area (Å²) in [5.74, 6) is 0.683. The standard InChI is InChI=1S/C21H20N2O5S2/c1-27-18-8-7-16(13-19(18)28-2)30(25,26)22-15-6-5-14-9-10-23(17(14)12-15)21(24)20-4-3-11-29-20/h3-8,11-13,22H,9-10H2,1-2H3. The number of hydrogen-bond donors (Lipinski definition) is 1. The second-order valence-corrected chi connectivity index (χ2v) is 9.28. The molecule has 9 heteroatoms. The molecule has 156 valence electrons. The van der Waals surface area contributed by atoms with Gasteiger partial charge in [-0.3, -0.25) is 9.52 Å². The van der Waals surface area contributed by atoms with Gasteiger partial charge in [0.1, 0.15) is 0 Å². The van der Waals surface area contributed by atoms with E-state index in [4.69, 9.17) is 9.47 Å². The number of fused-ring (bicyclic) bond motifs is 1. The summed E-state index contributed by atoms with van der Waals surface area (Å²) >= 11 is 1.39. The molecule has 1 amide bonds. The van der Waals surface area contributed by atoms with E-state index in [0.29, 0.717) is 28.6 Å². The quantitative estimate of drug-likeness (QED) is 0.626. The van der Waals surface area contributed by atoms with Crippen molar-refractivity contribution in [3.8, 4) is 11.5 Å². The number of carbonyl (C=O) groups excluding carboxylic acids is 1. The fourth-order valence-corrected chi connectivity index (χ4v) is 5.12. The summed E-state index contributed by atoms with van der Waals surface area (Å²) in [6, 6.07) is 13.3. The van der Waals surface area contributed by atoms with Crippen LogP contribution >= 0.6 is 11.3 Å². The first-order valence-electron chi connectivity index (χ1n) is 9.16. The lowest BCUT2D eigenvalue weighted by Crippen LogP contribution is -2.28. The molecule has 0 saturated carbocycles. The molecule has 0 radical (unpaired) electrons. The van der Waals surface area contributed by atoms with Gasteiger partial charge in [-0.1, -0.05) is 12.1 Å². The number of sulfonamides is 1. The van der Waals surface area contributed by atoms with Gasteiger partial charge in [-0.05, 0) is 47.7 Å². The molecule has 30 heavy (non-hydrogen) atoms. The Labute approximate surface area is 178 Å². The maximum absolute atomic E-state index is 12.9. The number of ether oxygens (including phenoxy) is 2. The molecule has 4 rings (SSSR count). The predicted octanol–water partition coefficient (Wildman–Crippen LogP) is 3.77. The molecular weight excluding hydrogens is 424 g/mol. The van der Waals surface area contributed by atoms with Crippen molar-refractivity contribution in [1.82, 2.24) is 0 Å². The Kier molecular flexibility index (Phi) is 5.40. The highest BCUT2D eigenvalue weighted by atomic mass is 32.2. The van der Waals surface area contributed by atoms with Gasteiger partial charge in [0.25, 0.3) is 15.9 Å². The first-order valence-corrected chi connectivity index (χ1v) is 11.5. The highest BCUT2D eigenvalue weighted by Crippen LogP contribution is 2.34. The van der Waals surface area contributed by atoms with Crippen molar-refractivity contribution in [2.45, 2.75) is 11.3 Å². The van der Waals surface area contributed by atoms with Crippen LogP contribution in [0.15, 0.2) is 58.8 Å². The topological polar surface area (TPSA) is 84.9 Å². The van der Waals surface area contributed by atoms with E-state index in [2.05, 4.69) is 4.72 Å². The van der Waals surface area contributed by atoms with E-state index in [1.54, 1.807) is 23.1 Å². The Morgan fingerprint density at radius 1 is 1.07 bits per heavy atom. The Morgan fingerprint density at radius 3 is 2.57 bits per heavy atom. The lowest BCUT2D eigenvalue weighted by Gasteiger charge is -2.18. The molecule has 0 saturated heterocycles. The summed E-state index contributed by atoms with van der Waals surface area (Å²) in [5.41, 5.74) is 2.12. The van der Waals surface area contributed by atoms with Crippen molar-refractivity contribution in [2.24, 2.45) is 0 Å². The highest BCUT2D eigenvalue weighted by molar-refractivity contribution is 7.92. The molecule has 0 spiro atoms. The molecule has 0 unspecified atom stereocenters. The molecule has 1 aliphatic heterocycles. The Hall–Kier alpha value is -3.04. The minimum atomic E-state index is -3.86. The fraction of sp³-hybridized carbons (Fsp3) is 0.190. The lowest BCUT2D eigenvalue weighted by molar-refractivity contribution is 0.0993. The Balaban J connectivity index is 1.62. The highest BCUT2D eigenvalue weighted by Gasteiger charge is 2.27. The zero-order valence-electron chi connectivity index (χ0n) is 16.4. The molecule has 7 nitrogen and oxygen atoms in total. The van der Waals surface area contributed by atoms with Crippen LogP contribution in [0.2, 0.25) is 0 Å². The summed E-state index contributed by atoms with van der Waals surface area (Å²) < 4.78 is 38.7. The number of nitrogens with one attached hydrogen (secondary N) is 1. The van der Waals surface area contributed by atoms with Crippen LogP contribution in [0.25, 0.3) is 0 Å². The van der Waals surface area contributed by atoms with Gasteiger partial charge in [0.2, 0.25) is 0 Å². The molecule has 1 aromatic heterocycles. The molecule has 0 atom stereocenters. The van der Waals surface area contributed by atoms with E-state index >= 15 is 0 Å². The number of anilines is 2. The van der Waals surface area contributed by atoms with Crippen LogP contribution in [0.5, 0.6) is 11.5 Å². The summed E-state index contributed by atoms with van der Waals surface area (Å²) in [7, 11) is -0.926. The van der Waals surface area contributed by atoms with Gasteiger partial charge in [-0.15, -0.1) is 11.3 Å². The van der Waals surface area contributed by atoms with Crippen LogP contribution in [-0.4, -0.2) is 35.1 Å². The third-order valence-electron chi connectivity index (χ3n) is 4.88. The van der Waals surface area contributed by atoms with Crippen molar-refractivity contribution in [3.63, 3.8) is 0 Å². The van der Waals surface area contributed by atoms with Gasteiger partial charge < -0.3 is 14.4 Å². The first kappa shape index (κ1) is 20.2. The van der Waals surface area contributed by atoms with Gasteiger partial charge in [-0.2, -0.15) is 0 Å². The minimum Gasteiger partial charge on any atom is -0.493 e. The summed E-state index contributed by atoms with van der Waals surface area (Å²) in [6.07, 6.45) is 0.731. The molecule has 2 aromatic carbocycles. The molecule has 0 aliphatic carbocycles. The summed E-state index contributed by atoms with van der Waals surface area (Å²) in [5, 5.41) is 1.86. The van der Waals surface area contributed by atoms with Crippen molar-refractivity contribution in [3.05, 3.63) is 64.4 Å². The van der Waals surface area contributed by atoms with Gasteiger partial charge in [0.05, 0.1) is 29.7 Å². The SMILES string of the molecule is COc1ccc(S(=O)(=O)Nc2ccc3c(c2)N(C(=O)c2cccs2)CC3)cc1OC. The third kappa shape index (κ3) is 3.73. The number of thiophene rings is 1.